The number of thiophene rings is 1. The Hall–Kier alpha value is -1.60. The number of hydrogen-bond donors (Lipinski definition) is 1. The highest BCUT2D eigenvalue weighted by atomic mass is 35.5. The van der Waals surface area contributed by atoms with E-state index in [1.165, 1.54) is 24.3 Å². The first-order chi connectivity index (χ1) is 11.9. The molecule has 0 unspecified atom stereocenters. The van der Waals surface area contributed by atoms with E-state index >= 15 is 0 Å². The third kappa shape index (κ3) is 3.82. The van der Waals surface area contributed by atoms with Crippen molar-refractivity contribution in [2.24, 2.45) is 0 Å². The second-order valence-corrected chi connectivity index (χ2v) is 7.11. The molecule has 0 aliphatic rings. The molecule has 2 aromatic carbocycles. The Kier molecular flexibility index (Phi) is 5.34. The van der Waals surface area contributed by atoms with Crippen molar-refractivity contribution in [1.29, 1.82) is 0 Å². The first-order valence-corrected chi connectivity index (χ1v) is 8.74. The summed E-state index contributed by atoms with van der Waals surface area (Å²) in [6, 6.07) is 9.03. The summed E-state index contributed by atoms with van der Waals surface area (Å²) in [7, 11) is 0. The van der Waals surface area contributed by atoms with Crippen LogP contribution in [0.5, 0.6) is 5.75 Å². The highest BCUT2D eigenvalue weighted by Gasteiger charge is 2.21. The number of rotatable bonds is 4. The number of para-hydroxylation sites is 2. The zero-order valence-corrected chi connectivity index (χ0v) is 15.2. The van der Waals surface area contributed by atoms with Crippen molar-refractivity contribution in [3.63, 3.8) is 0 Å². The SMILES string of the molecule is O=C(Nc1ccccc1OC(F)F)c1sc2cc(Cl)cc(Cl)c2c1Cl. The minimum atomic E-state index is -3.01. The van der Waals surface area contributed by atoms with Gasteiger partial charge in [0.1, 0.15) is 10.6 Å². The zero-order chi connectivity index (χ0) is 18.1. The highest BCUT2D eigenvalue weighted by molar-refractivity contribution is 7.21. The molecule has 0 aliphatic heterocycles. The molecule has 0 saturated carbocycles. The second-order valence-electron chi connectivity index (χ2n) is 4.83. The molecule has 0 radical (unpaired) electrons. The molecular weight excluding hydrogens is 415 g/mol. The third-order valence-electron chi connectivity index (χ3n) is 3.21. The quantitative estimate of drug-likeness (QED) is 0.507. The number of benzene rings is 2. The number of hydrogen-bond acceptors (Lipinski definition) is 3. The highest BCUT2D eigenvalue weighted by Crippen LogP contribution is 2.41. The summed E-state index contributed by atoms with van der Waals surface area (Å²) in [5.41, 5.74) is 0.102. The number of alkyl halides is 2. The maximum Gasteiger partial charge on any atom is 0.387 e. The van der Waals surface area contributed by atoms with E-state index in [0.717, 1.165) is 11.3 Å². The predicted octanol–water partition coefficient (Wildman–Crippen LogP) is 6.72. The average Bonchev–Trinajstić information content (AvgIpc) is 2.85. The Labute approximate surface area is 160 Å². The van der Waals surface area contributed by atoms with E-state index in [1.54, 1.807) is 12.1 Å². The molecule has 1 heterocycles. The van der Waals surface area contributed by atoms with Gasteiger partial charge < -0.3 is 10.1 Å². The normalized spacial score (nSPS) is 11.1. The predicted molar refractivity (Wildman–Crippen MR) is 97.9 cm³/mol. The van der Waals surface area contributed by atoms with E-state index in [-0.39, 0.29) is 21.3 Å². The number of carbonyl (C=O) groups excluding carboxylic acids is 1. The van der Waals surface area contributed by atoms with Crippen LogP contribution in [0, 0.1) is 0 Å². The maximum absolute atomic E-state index is 12.5. The molecule has 0 aliphatic carbocycles. The minimum Gasteiger partial charge on any atom is -0.433 e. The van der Waals surface area contributed by atoms with Gasteiger partial charge in [-0.25, -0.2) is 0 Å². The molecule has 0 saturated heterocycles. The van der Waals surface area contributed by atoms with Gasteiger partial charge in [-0.1, -0.05) is 46.9 Å². The second kappa shape index (κ2) is 7.33. The van der Waals surface area contributed by atoms with Crippen molar-refractivity contribution in [3.8, 4) is 5.75 Å². The fourth-order valence-corrected chi connectivity index (χ4v) is 4.48. The van der Waals surface area contributed by atoms with Gasteiger partial charge in [0.2, 0.25) is 0 Å². The molecule has 0 atom stereocenters. The van der Waals surface area contributed by atoms with Crippen molar-refractivity contribution in [1.82, 2.24) is 0 Å². The van der Waals surface area contributed by atoms with Crippen molar-refractivity contribution >= 4 is 67.8 Å². The zero-order valence-electron chi connectivity index (χ0n) is 12.2. The van der Waals surface area contributed by atoms with Gasteiger partial charge in [-0.15, -0.1) is 11.3 Å². The van der Waals surface area contributed by atoms with Crippen LogP contribution in [-0.2, 0) is 0 Å². The number of fused-ring (bicyclic) bond motifs is 1. The average molecular weight is 423 g/mol. The first-order valence-electron chi connectivity index (χ1n) is 6.79. The number of halogens is 5. The molecule has 25 heavy (non-hydrogen) atoms. The van der Waals surface area contributed by atoms with E-state index in [9.17, 15) is 13.6 Å². The number of carbonyl (C=O) groups is 1. The van der Waals surface area contributed by atoms with Crippen molar-refractivity contribution in [2.45, 2.75) is 6.61 Å². The Morgan fingerprint density at radius 1 is 1.16 bits per heavy atom. The van der Waals surface area contributed by atoms with Crippen LogP contribution in [0.25, 0.3) is 10.1 Å². The Morgan fingerprint density at radius 2 is 1.88 bits per heavy atom. The Bertz CT molecular complexity index is 962. The molecule has 0 bridgehead atoms. The van der Waals surface area contributed by atoms with E-state index in [2.05, 4.69) is 10.1 Å². The van der Waals surface area contributed by atoms with Crippen LogP contribution in [0.1, 0.15) is 9.67 Å². The maximum atomic E-state index is 12.5. The van der Waals surface area contributed by atoms with Crippen molar-refractivity contribution in [3.05, 3.63) is 56.3 Å². The molecule has 1 amide bonds. The van der Waals surface area contributed by atoms with E-state index < -0.39 is 12.5 Å². The summed E-state index contributed by atoms with van der Waals surface area (Å²) in [5, 5.41) is 3.95. The van der Waals surface area contributed by atoms with Crippen LogP contribution in [0.15, 0.2) is 36.4 Å². The summed E-state index contributed by atoms with van der Waals surface area (Å²) in [4.78, 5) is 12.7. The van der Waals surface area contributed by atoms with Gasteiger partial charge in [0.25, 0.3) is 5.91 Å². The molecule has 3 nitrogen and oxygen atoms in total. The fourth-order valence-electron chi connectivity index (χ4n) is 2.21. The largest absolute Gasteiger partial charge is 0.433 e. The van der Waals surface area contributed by atoms with Crippen molar-refractivity contribution < 1.29 is 18.3 Å². The standard InChI is InChI=1S/C16H8Cl3F2NO2S/c17-7-5-8(18)12-11(6-7)25-14(13(12)19)15(23)22-9-3-1-2-4-10(9)24-16(20)21/h1-6,16H,(H,22,23). The van der Waals surface area contributed by atoms with Crippen molar-refractivity contribution in [2.75, 3.05) is 5.32 Å². The molecule has 130 valence electrons. The van der Waals surface area contributed by atoms with Gasteiger partial charge in [-0.05, 0) is 24.3 Å². The van der Waals surface area contributed by atoms with Gasteiger partial charge >= 0.3 is 6.61 Å². The number of ether oxygens (including phenoxy) is 1. The number of amides is 1. The topological polar surface area (TPSA) is 38.3 Å². The Morgan fingerprint density at radius 3 is 2.60 bits per heavy atom. The number of anilines is 1. The molecule has 1 N–H and O–H groups in total. The Balaban J connectivity index is 1.96. The van der Waals surface area contributed by atoms with Crippen LogP contribution < -0.4 is 10.1 Å². The molecule has 0 spiro atoms. The lowest BCUT2D eigenvalue weighted by atomic mass is 10.2. The van der Waals surface area contributed by atoms with Gasteiger partial charge in [-0.2, -0.15) is 8.78 Å². The van der Waals surface area contributed by atoms with Crippen LogP contribution in [0.3, 0.4) is 0 Å². The molecular formula is C16H8Cl3F2NO2S. The van der Waals surface area contributed by atoms with Gasteiger partial charge in [0.05, 0.1) is 15.7 Å². The van der Waals surface area contributed by atoms with E-state index in [0.29, 0.717) is 20.1 Å². The summed E-state index contributed by atoms with van der Waals surface area (Å²) in [6.07, 6.45) is 0. The fraction of sp³-hybridized carbons (Fsp3) is 0.0625. The first kappa shape index (κ1) is 18.2. The lowest BCUT2D eigenvalue weighted by molar-refractivity contribution is -0.0493. The van der Waals surface area contributed by atoms with E-state index in [4.69, 9.17) is 34.8 Å². The van der Waals surface area contributed by atoms with Gasteiger partial charge in [0, 0.05) is 15.1 Å². The summed E-state index contributed by atoms with van der Waals surface area (Å²) >= 11 is 19.5. The molecule has 3 aromatic rings. The van der Waals surface area contributed by atoms with Crippen LogP contribution >= 0.6 is 46.1 Å². The molecule has 0 fully saturated rings. The lowest BCUT2D eigenvalue weighted by Crippen LogP contribution is -2.13. The molecule has 9 heteroatoms. The number of nitrogens with one attached hydrogen (secondary N) is 1. The van der Waals surface area contributed by atoms with Crippen LogP contribution in [-0.4, -0.2) is 12.5 Å². The summed E-state index contributed by atoms with van der Waals surface area (Å²) in [6.45, 7) is -3.01. The van der Waals surface area contributed by atoms with Crippen LogP contribution in [0.4, 0.5) is 14.5 Å². The third-order valence-corrected chi connectivity index (χ3v) is 5.35. The smallest absolute Gasteiger partial charge is 0.387 e. The van der Waals surface area contributed by atoms with Gasteiger partial charge in [-0.3, -0.25) is 4.79 Å². The van der Waals surface area contributed by atoms with Gasteiger partial charge in [0.15, 0.2) is 0 Å². The van der Waals surface area contributed by atoms with Crippen LogP contribution in [0.2, 0.25) is 15.1 Å². The summed E-state index contributed by atoms with van der Waals surface area (Å²) in [5.74, 6) is -0.715. The summed E-state index contributed by atoms with van der Waals surface area (Å²) < 4.78 is 30.0. The molecule has 3 rings (SSSR count). The monoisotopic (exact) mass is 421 g/mol. The minimum absolute atomic E-state index is 0.102. The molecule has 1 aromatic heterocycles. The lowest BCUT2D eigenvalue weighted by Gasteiger charge is -2.11. The van der Waals surface area contributed by atoms with E-state index in [1.807, 2.05) is 0 Å².